The Balaban J connectivity index is 1.60. The minimum atomic E-state index is -0.0832. The molecule has 1 aliphatic carbocycles. The summed E-state index contributed by atoms with van der Waals surface area (Å²) in [4.78, 5) is 28.3. The van der Waals surface area contributed by atoms with E-state index in [4.69, 9.17) is 23.2 Å². The Morgan fingerprint density at radius 2 is 1.45 bits per heavy atom. The van der Waals surface area contributed by atoms with E-state index in [1.807, 2.05) is 4.90 Å². The molecule has 2 aliphatic rings. The number of carbonyl (C=O) groups excluding carboxylic acids is 2. The summed E-state index contributed by atoms with van der Waals surface area (Å²) in [5, 5.41) is 0.907. The molecule has 1 heterocycles. The maximum atomic E-state index is 12.5. The largest absolute Gasteiger partial charge is 0.339 e. The second-order valence-electron chi connectivity index (χ2n) is 5.90. The Morgan fingerprint density at radius 3 is 1.95 bits per heavy atom. The van der Waals surface area contributed by atoms with Gasteiger partial charge in [-0.25, -0.2) is 0 Å². The first-order valence-electron chi connectivity index (χ1n) is 7.59. The molecule has 2 amide bonds. The van der Waals surface area contributed by atoms with Crippen molar-refractivity contribution >= 4 is 35.0 Å². The fraction of sp³-hybridized carbons (Fsp3) is 0.500. The molecule has 0 atom stereocenters. The summed E-state index contributed by atoms with van der Waals surface area (Å²) in [6.45, 7) is 2.33. The summed E-state index contributed by atoms with van der Waals surface area (Å²) in [6.07, 6.45) is 3.18. The Labute approximate surface area is 140 Å². The van der Waals surface area contributed by atoms with E-state index in [1.165, 1.54) is 0 Å². The lowest BCUT2D eigenvalue weighted by molar-refractivity contribution is -0.139. The van der Waals surface area contributed by atoms with Gasteiger partial charge in [0.25, 0.3) is 5.91 Å². The van der Waals surface area contributed by atoms with Gasteiger partial charge in [0.05, 0.1) is 0 Å². The molecule has 118 valence electrons. The number of hydrogen-bond donors (Lipinski definition) is 0. The van der Waals surface area contributed by atoms with E-state index in [0.717, 1.165) is 19.3 Å². The molecule has 3 rings (SSSR count). The molecular formula is C16H18Cl2N2O2. The normalized spacial score (nSPS) is 19.0. The lowest BCUT2D eigenvalue weighted by Gasteiger charge is -2.38. The van der Waals surface area contributed by atoms with Crippen molar-refractivity contribution in [3.63, 3.8) is 0 Å². The van der Waals surface area contributed by atoms with Crippen molar-refractivity contribution in [2.24, 2.45) is 5.92 Å². The first-order valence-corrected chi connectivity index (χ1v) is 8.34. The summed E-state index contributed by atoms with van der Waals surface area (Å²) < 4.78 is 0. The van der Waals surface area contributed by atoms with Gasteiger partial charge in [0.1, 0.15) is 0 Å². The van der Waals surface area contributed by atoms with E-state index in [9.17, 15) is 9.59 Å². The number of rotatable bonds is 2. The highest BCUT2D eigenvalue weighted by atomic mass is 35.5. The Bertz CT molecular complexity index is 574. The van der Waals surface area contributed by atoms with Crippen LogP contribution in [0.5, 0.6) is 0 Å². The van der Waals surface area contributed by atoms with Gasteiger partial charge < -0.3 is 9.80 Å². The Kier molecular flexibility index (Phi) is 4.59. The van der Waals surface area contributed by atoms with Gasteiger partial charge in [-0.05, 0) is 31.0 Å². The number of nitrogens with zero attached hydrogens (tertiary/aromatic N) is 2. The number of amides is 2. The van der Waals surface area contributed by atoms with E-state index >= 15 is 0 Å². The fourth-order valence-corrected chi connectivity index (χ4v) is 3.43. The highest BCUT2D eigenvalue weighted by Gasteiger charge is 2.32. The summed E-state index contributed by atoms with van der Waals surface area (Å²) >= 11 is 11.9. The number of carbonyl (C=O) groups is 2. The van der Waals surface area contributed by atoms with Crippen LogP contribution < -0.4 is 0 Å². The minimum absolute atomic E-state index is 0.0832. The minimum Gasteiger partial charge on any atom is -0.339 e. The van der Waals surface area contributed by atoms with Crippen LogP contribution in [0.15, 0.2) is 18.2 Å². The molecule has 1 saturated carbocycles. The van der Waals surface area contributed by atoms with Crippen LogP contribution in [0.4, 0.5) is 0 Å². The molecule has 0 radical (unpaired) electrons. The summed E-state index contributed by atoms with van der Waals surface area (Å²) in [5.74, 6) is 0.387. The van der Waals surface area contributed by atoms with Gasteiger partial charge in [-0.15, -0.1) is 0 Å². The molecule has 4 nitrogen and oxygen atoms in total. The summed E-state index contributed by atoms with van der Waals surface area (Å²) in [6, 6.07) is 4.86. The first kappa shape index (κ1) is 15.6. The molecule has 0 N–H and O–H groups in total. The lowest BCUT2D eigenvalue weighted by Crippen LogP contribution is -2.52. The van der Waals surface area contributed by atoms with E-state index in [0.29, 0.717) is 41.8 Å². The van der Waals surface area contributed by atoms with Crippen molar-refractivity contribution in [2.45, 2.75) is 19.3 Å². The Morgan fingerprint density at radius 1 is 0.909 bits per heavy atom. The SMILES string of the molecule is O=C(c1cc(Cl)cc(Cl)c1)N1CCN(C(=O)C2CCC2)CC1. The second-order valence-corrected chi connectivity index (χ2v) is 6.78. The second kappa shape index (κ2) is 6.47. The topological polar surface area (TPSA) is 40.6 Å². The molecule has 6 heteroatoms. The van der Waals surface area contributed by atoms with Crippen molar-refractivity contribution in [2.75, 3.05) is 26.2 Å². The van der Waals surface area contributed by atoms with Gasteiger partial charge in [-0.2, -0.15) is 0 Å². The zero-order valence-electron chi connectivity index (χ0n) is 12.2. The number of benzene rings is 1. The quantitative estimate of drug-likeness (QED) is 0.829. The highest BCUT2D eigenvalue weighted by Crippen LogP contribution is 2.28. The molecule has 0 unspecified atom stereocenters. The van der Waals surface area contributed by atoms with Crippen LogP contribution in [0, 0.1) is 5.92 Å². The number of hydrogen-bond acceptors (Lipinski definition) is 2. The average Bonchev–Trinajstić information content (AvgIpc) is 2.44. The molecule has 1 aliphatic heterocycles. The van der Waals surface area contributed by atoms with Crippen molar-refractivity contribution in [3.05, 3.63) is 33.8 Å². The molecular weight excluding hydrogens is 323 g/mol. The van der Waals surface area contributed by atoms with Gasteiger partial charge in [0.15, 0.2) is 0 Å². The van der Waals surface area contributed by atoms with Crippen LogP contribution >= 0.6 is 23.2 Å². The number of halogens is 2. The van der Waals surface area contributed by atoms with E-state index < -0.39 is 0 Å². The van der Waals surface area contributed by atoms with Crippen LogP contribution in [0.25, 0.3) is 0 Å². The Hall–Kier alpha value is -1.26. The van der Waals surface area contributed by atoms with Crippen molar-refractivity contribution < 1.29 is 9.59 Å². The predicted molar refractivity (Wildman–Crippen MR) is 86.3 cm³/mol. The van der Waals surface area contributed by atoms with Crippen LogP contribution in [-0.2, 0) is 4.79 Å². The van der Waals surface area contributed by atoms with E-state index in [1.54, 1.807) is 23.1 Å². The van der Waals surface area contributed by atoms with Crippen molar-refractivity contribution in [1.82, 2.24) is 9.80 Å². The smallest absolute Gasteiger partial charge is 0.254 e. The lowest BCUT2D eigenvalue weighted by atomic mass is 9.84. The third-order valence-corrected chi connectivity index (χ3v) is 4.88. The van der Waals surface area contributed by atoms with Gasteiger partial charge in [0, 0.05) is 47.7 Å². The molecule has 1 aromatic rings. The monoisotopic (exact) mass is 340 g/mol. The third-order valence-electron chi connectivity index (χ3n) is 4.44. The average molecular weight is 341 g/mol. The zero-order chi connectivity index (χ0) is 15.7. The maximum Gasteiger partial charge on any atom is 0.254 e. The predicted octanol–water partition coefficient (Wildman–Crippen LogP) is 3.08. The molecule has 0 spiro atoms. The summed E-state index contributed by atoms with van der Waals surface area (Å²) in [5.41, 5.74) is 0.497. The van der Waals surface area contributed by atoms with Gasteiger partial charge >= 0.3 is 0 Å². The van der Waals surface area contributed by atoms with E-state index in [2.05, 4.69) is 0 Å². The van der Waals surface area contributed by atoms with Gasteiger partial charge in [0.2, 0.25) is 5.91 Å². The fourth-order valence-electron chi connectivity index (χ4n) is 2.90. The first-order chi connectivity index (χ1) is 10.5. The maximum absolute atomic E-state index is 12.5. The highest BCUT2D eigenvalue weighted by molar-refractivity contribution is 6.35. The molecule has 2 fully saturated rings. The van der Waals surface area contributed by atoms with Crippen molar-refractivity contribution in [1.29, 1.82) is 0 Å². The molecule has 0 aromatic heterocycles. The van der Waals surface area contributed by atoms with Gasteiger partial charge in [-0.3, -0.25) is 9.59 Å². The van der Waals surface area contributed by atoms with Crippen LogP contribution in [0.2, 0.25) is 10.0 Å². The molecule has 1 aromatic carbocycles. The van der Waals surface area contributed by atoms with E-state index in [-0.39, 0.29) is 17.7 Å². The van der Waals surface area contributed by atoms with Crippen molar-refractivity contribution in [3.8, 4) is 0 Å². The van der Waals surface area contributed by atoms with Gasteiger partial charge in [-0.1, -0.05) is 29.6 Å². The zero-order valence-corrected chi connectivity index (χ0v) is 13.7. The molecule has 22 heavy (non-hydrogen) atoms. The van der Waals surface area contributed by atoms with Crippen LogP contribution in [0.3, 0.4) is 0 Å². The third kappa shape index (κ3) is 3.23. The van der Waals surface area contributed by atoms with Crippen LogP contribution in [0.1, 0.15) is 29.6 Å². The van der Waals surface area contributed by atoms with Crippen LogP contribution in [-0.4, -0.2) is 47.8 Å². The molecule has 0 bridgehead atoms. The standard InChI is InChI=1S/C16H18Cl2N2O2/c17-13-8-12(9-14(18)10-13)16(22)20-6-4-19(5-7-20)15(21)11-2-1-3-11/h8-11H,1-7H2. The number of piperazine rings is 1. The molecule has 1 saturated heterocycles. The summed E-state index contributed by atoms with van der Waals surface area (Å²) in [7, 11) is 0.